The summed E-state index contributed by atoms with van der Waals surface area (Å²) in [6.07, 6.45) is -0.394. The van der Waals surface area contributed by atoms with Crippen molar-refractivity contribution in [1.29, 1.82) is 0 Å². The molecule has 0 atom stereocenters. The van der Waals surface area contributed by atoms with Crippen molar-refractivity contribution in [1.82, 2.24) is 10.2 Å². The normalized spacial score (nSPS) is 10.0. The van der Waals surface area contributed by atoms with Crippen LogP contribution in [-0.2, 0) is 4.74 Å². The maximum absolute atomic E-state index is 10.6. The van der Waals surface area contributed by atoms with Crippen molar-refractivity contribution in [2.45, 2.75) is 0 Å². The van der Waals surface area contributed by atoms with Crippen molar-refractivity contribution in [3.8, 4) is 0 Å². The van der Waals surface area contributed by atoms with Crippen LogP contribution < -0.4 is 5.32 Å². The molecule has 0 fully saturated rings. The lowest BCUT2D eigenvalue weighted by molar-refractivity contribution is 0.136. The van der Waals surface area contributed by atoms with E-state index in [4.69, 9.17) is 16.3 Å². The minimum Gasteiger partial charge on any atom is -0.448 e. The largest absolute Gasteiger partial charge is 0.448 e. The zero-order valence-electron chi connectivity index (χ0n) is 7.47. The Labute approximate surface area is 77.8 Å². The summed E-state index contributed by atoms with van der Waals surface area (Å²) in [4.78, 5) is 12.6. The molecule has 0 saturated carbocycles. The molecular formula is C7H15ClN2O2. The van der Waals surface area contributed by atoms with Crippen LogP contribution in [0.4, 0.5) is 4.79 Å². The second-order valence-corrected chi connectivity index (χ2v) is 2.76. The molecule has 0 bridgehead atoms. The molecule has 0 heterocycles. The standard InChI is InChI=1S/C7H15ClN2O2/c1-9-7(11)12-6-5-10(2)4-3-8/h3-6H2,1-2H3,(H,9,11). The van der Waals surface area contributed by atoms with Crippen LogP contribution in [0.15, 0.2) is 0 Å². The van der Waals surface area contributed by atoms with Crippen molar-refractivity contribution in [2.24, 2.45) is 0 Å². The molecule has 0 aliphatic rings. The number of hydrogen-bond acceptors (Lipinski definition) is 3. The Bertz CT molecular complexity index is 133. The number of nitrogens with zero attached hydrogens (tertiary/aromatic N) is 1. The predicted octanol–water partition coefficient (Wildman–Crippen LogP) is 0.513. The minimum absolute atomic E-state index is 0.394. The van der Waals surface area contributed by atoms with Gasteiger partial charge in [0.25, 0.3) is 0 Å². The third-order valence-electron chi connectivity index (χ3n) is 1.38. The van der Waals surface area contributed by atoms with E-state index in [0.29, 0.717) is 19.0 Å². The number of alkyl halides is 1. The number of carbonyl (C=O) groups excluding carboxylic acids is 1. The number of rotatable bonds is 5. The Morgan fingerprint density at radius 2 is 2.25 bits per heavy atom. The number of ether oxygens (including phenoxy) is 1. The number of likely N-dealkylation sites (N-methyl/N-ethyl adjacent to an activating group) is 1. The zero-order chi connectivity index (χ0) is 9.40. The van der Waals surface area contributed by atoms with Gasteiger partial charge in [0.1, 0.15) is 6.61 Å². The van der Waals surface area contributed by atoms with Gasteiger partial charge >= 0.3 is 6.09 Å². The number of halogens is 1. The molecule has 0 unspecified atom stereocenters. The van der Waals surface area contributed by atoms with Gasteiger partial charge in [0, 0.05) is 26.0 Å². The molecule has 0 aromatic rings. The second-order valence-electron chi connectivity index (χ2n) is 2.38. The van der Waals surface area contributed by atoms with Crippen LogP contribution in [0.3, 0.4) is 0 Å². The van der Waals surface area contributed by atoms with Gasteiger partial charge in [-0.15, -0.1) is 11.6 Å². The summed E-state index contributed by atoms with van der Waals surface area (Å²) >= 11 is 5.50. The van der Waals surface area contributed by atoms with Gasteiger partial charge in [-0.05, 0) is 7.05 Å². The molecule has 0 rings (SSSR count). The number of hydrogen-bond donors (Lipinski definition) is 1. The smallest absolute Gasteiger partial charge is 0.406 e. The van der Waals surface area contributed by atoms with Crippen LogP contribution in [0.25, 0.3) is 0 Å². The molecular weight excluding hydrogens is 180 g/mol. The highest BCUT2D eigenvalue weighted by molar-refractivity contribution is 6.18. The van der Waals surface area contributed by atoms with Gasteiger partial charge < -0.3 is 15.0 Å². The van der Waals surface area contributed by atoms with Gasteiger partial charge in [-0.25, -0.2) is 4.79 Å². The van der Waals surface area contributed by atoms with E-state index in [1.807, 2.05) is 11.9 Å². The summed E-state index contributed by atoms with van der Waals surface area (Å²) in [7, 11) is 3.46. The fourth-order valence-corrected chi connectivity index (χ4v) is 0.911. The maximum Gasteiger partial charge on any atom is 0.406 e. The molecule has 0 saturated heterocycles. The average molecular weight is 195 g/mol. The van der Waals surface area contributed by atoms with Gasteiger partial charge in [-0.3, -0.25) is 0 Å². The van der Waals surface area contributed by atoms with E-state index in [1.54, 1.807) is 0 Å². The Morgan fingerprint density at radius 1 is 1.58 bits per heavy atom. The Morgan fingerprint density at radius 3 is 2.75 bits per heavy atom. The van der Waals surface area contributed by atoms with E-state index in [9.17, 15) is 4.79 Å². The summed E-state index contributed by atoms with van der Waals surface area (Å²) in [5, 5.41) is 2.36. The van der Waals surface area contributed by atoms with E-state index in [1.165, 1.54) is 7.05 Å². The monoisotopic (exact) mass is 194 g/mol. The van der Waals surface area contributed by atoms with Crippen molar-refractivity contribution in [2.75, 3.05) is 39.7 Å². The van der Waals surface area contributed by atoms with Crippen molar-refractivity contribution < 1.29 is 9.53 Å². The van der Waals surface area contributed by atoms with E-state index in [0.717, 1.165) is 6.54 Å². The van der Waals surface area contributed by atoms with Crippen LogP contribution in [0.5, 0.6) is 0 Å². The highest BCUT2D eigenvalue weighted by Gasteiger charge is 1.99. The SMILES string of the molecule is CNC(=O)OCCN(C)CCCl. The van der Waals surface area contributed by atoms with Gasteiger partial charge in [0.15, 0.2) is 0 Å². The molecule has 4 nitrogen and oxygen atoms in total. The quantitative estimate of drug-likeness (QED) is 0.649. The summed E-state index contributed by atoms with van der Waals surface area (Å²) in [6, 6.07) is 0. The first-order valence-corrected chi connectivity index (χ1v) is 4.33. The first-order valence-electron chi connectivity index (χ1n) is 3.79. The fraction of sp³-hybridized carbons (Fsp3) is 0.857. The first-order chi connectivity index (χ1) is 5.70. The maximum atomic E-state index is 10.6. The summed E-state index contributed by atoms with van der Waals surface area (Å²) in [5.74, 6) is 0.594. The van der Waals surface area contributed by atoms with E-state index >= 15 is 0 Å². The lowest BCUT2D eigenvalue weighted by atomic mass is 10.5. The lowest BCUT2D eigenvalue weighted by Crippen LogP contribution is -2.28. The Hall–Kier alpha value is -0.480. The zero-order valence-corrected chi connectivity index (χ0v) is 8.23. The topological polar surface area (TPSA) is 41.6 Å². The molecule has 1 N–H and O–H groups in total. The van der Waals surface area contributed by atoms with E-state index in [2.05, 4.69) is 5.32 Å². The predicted molar refractivity (Wildman–Crippen MR) is 48.6 cm³/mol. The molecule has 0 aliphatic heterocycles. The van der Waals surface area contributed by atoms with Crippen molar-refractivity contribution in [3.05, 3.63) is 0 Å². The molecule has 1 amide bonds. The van der Waals surface area contributed by atoms with Crippen LogP contribution in [0.2, 0.25) is 0 Å². The van der Waals surface area contributed by atoms with Crippen molar-refractivity contribution in [3.63, 3.8) is 0 Å². The first kappa shape index (κ1) is 11.5. The number of alkyl carbamates (subject to hydrolysis) is 1. The van der Waals surface area contributed by atoms with Gasteiger partial charge in [0.2, 0.25) is 0 Å². The second kappa shape index (κ2) is 7.18. The van der Waals surface area contributed by atoms with E-state index in [-0.39, 0.29) is 0 Å². The van der Waals surface area contributed by atoms with E-state index < -0.39 is 6.09 Å². The van der Waals surface area contributed by atoms with Crippen LogP contribution in [0.1, 0.15) is 0 Å². The lowest BCUT2D eigenvalue weighted by Gasteiger charge is -2.14. The van der Waals surface area contributed by atoms with Gasteiger partial charge in [-0.2, -0.15) is 0 Å². The van der Waals surface area contributed by atoms with Gasteiger partial charge in [0.05, 0.1) is 0 Å². The van der Waals surface area contributed by atoms with Crippen LogP contribution >= 0.6 is 11.6 Å². The Kier molecular flexibility index (Phi) is 6.90. The highest BCUT2D eigenvalue weighted by atomic mass is 35.5. The summed E-state index contributed by atoms with van der Waals surface area (Å²) in [5.41, 5.74) is 0. The van der Waals surface area contributed by atoms with Crippen molar-refractivity contribution >= 4 is 17.7 Å². The van der Waals surface area contributed by atoms with Crippen LogP contribution in [0, 0.1) is 0 Å². The third kappa shape index (κ3) is 6.24. The molecule has 0 aromatic carbocycles. The highest BCUT2D eigenvalue weighted by Crippen LogP contribution is 1.85. The molecule has 0 spiro atoms. The summed E-state index contributed by atoms with van der Waals surface area (Å²) in [6.45, 7) is 1.91. The Balaban J connectivity index is 3.24. The molecule has 0 radical (unpaired) electrons. The molecule has 0 aliphatic carbocycles. The van der Waals surface area contributed by atoms with Crippen LogP contribution in [-0.4, -0.2) is 50.7 Å². The number of nitrogens with one attached hydrogen (secondary N) is 1. The third-order valence-corrected chi connectivity index (χ3v) is 1.55. The minimum atomic E-state index is -0.394. The summed E-state index contributed by atoms with van der Waals surface area (Å²) < 4.78 is 4.77. The molecule has 5 heteroatoms. The molecule has 72 valence electrons. The number of carbonyl (C=O) groups is 1. The molecule has 0 aromatic heterocycles. The molecule has 12 heavy (non-hydrogen) atoms. The number of amides is 1. The fourth-order valence-electron chi connectivity index (χ4n) is 0.622. The van der Waals surface area contributed by atoms with Gasteiger partial charge in [-0.1, -0.05) is 0 Å². The average Bonchev–Trinajstić information content (AvgIpc) is 2.04.